The molecule has 2 fully saturated rings. The van der Waals surface area contributed by atoms with E-state index in [1.165, 1.54) is 0 Å². The summed E-state index contributed by atoms with van der Waals surface area (Å²) in [7, 11) is 0. The van der Waals surface area contributed by atoms with Gasteiger partial charge in [0.1, 0.15) is 6.10 Å². The Labute approximate surface area is 72.7 Å². The second-order valence-corrected chi connectivity index (χ2v) is 3.88. The molecule has 2 aliphatic rings. The van der Waals surface area contributed by atoms with Gasteiger partial charge in [0.05, 0.1) is 12.2 Å². The van der Waals surface area contributed by atoms with Gasteiger partial charge in [0.2, 0.25) is 0 Å². The summed E-state index contributed by atoms with van der Waals surface area (Å²) in [6.07, 6.45) is 2.24. The van der Waals surface area contributed by atoms with Gasteiger partial charge < -0.3 is 14.6 Å². The van der Waals surface area contributed by atoms with Crippen LogP contribution in [0.4, 0.5) is 0 Å². The number of hydrogen-bond donors (Lipinski definition) is 1. The zero-order valence-electron chi connectivity index (χ0n) is 7.62. The van der Waals surface area contributed by atoms with E-state index in [0.29, 0.717) is 0 Å². The van der Waals surface area contributed by atoms with Crippen LogP contribution in [0.5, 0.6) is 0 Å². The van der Waals surface area contributed by atoms with E-state index in [2.05, 4.69) is 0 Å². The molecule has 0 aromatic heterocycles. The largest absolute Gasteiger partial charge is 0.388 e. The zero-order valence-corrected chi connectivity index (χ0v) is 7.62. The van der Waals surface area contributed by atoms with E-state index in [1.807, 2.05) is 13.8 Å². The number of hydrogen-bond acceptors (Lipinski definition) is 3. The number of ether oxygens (including phenoxy) is 2. The molecule has 0 spiro atoms. The van der Waals surface area contributed by atoms with Crippen molar-refractivity contribution in [1.82, 2.24) is 0 Å². The van der Waals surface area contributed by atoms with Gasteiger partial charge in [-0.1, -0.05) is 6.92 Å². The van der Waals surface area contributed by atoms with E-state index in [9.17, 15) is 5.11 Å². The van der Waals surface area contributed by atoms with Crippen molar-refractivity contribution in [3.8, 4) is 0 Å². The van der Waals surface area contributed by atoms with Crippen molar-refractivity contribution in [2.24, 2.45) is 0 Å². The Morgan fingerprint density at radius 1 is 1.50 bits per heavy atom. The van der Waals surface area contributed by atoms with Crippen molar-refractivity contribution in [1.29, 1.82) is 0 Å². The van der Waals surface area contributed by atoms with E-state index in [0.717, 1.165) is 19.3 Å². The molecule has 0 radical (unpaired) electrons. The average molecular weight is 172 g/mol. The fraction of sp³-hybridized carbons (Fsp3) is 1.00. The van der Waals surface area contributed by atoms with Gasteiger partial charge in [0.25, 0.3) is 0 Å². The summed E-state index contributed by atoms with van der Waals surface area (Å²) in [6.45, 7) is 3.99. The Kier molecular flexibility index (Phi) is 1.90. The Morgan fingerprint density at radius 2 is 2.25 bits per heavy atom. The van der Waals surface area contributed by atoms with Gasteiger partial charge in [-0.2, -0.15) is 0 Å². The van der Waals surface area contributed by atoms with Gasteiger partial charge in [0.15, 0.2) is 5.79 Å². The lowest BCUT2D eigenvalue weighted by Crippen LogP contribution is -2.49. The molecule has 4 atom stereocenters. The first-order valence-electron chi connectivity index (χ1n) is 4.68. The monoisotopic (exact) mass is 172 g/mol. The summed E-state index contributed by atoms with van der Waals surface area (Å²) in [5.41, 5.74) is 0. The Hall–Kier alpha value is -0.120. The van der Waals surface area contributed by atoms with Crippen molar-refractivity contribution >= 4 is 0 Å². The molecular weight excluding hydrogens is 156 g/mol. The Morgan fingerprint density at radius 3 is 2.92 bits per heavy atom. The number of aliphatic hydroxyl groups is 1. The van der Waals surface area contributed by atoms with Crippen LogP contribution in [-0.4, -0.2) is 29.2 Å². The SMILES string of the molecule is CC[C@H]1O[C@]2(C)CC[C@@H](O2)[C@@H]1O. The summed E-state index contributed by atoms with van der Waals surface area (Å²) < 4.78 is 11.2. The van der Waals surface area contributed by atoms with Crippen molar-refractivity contribution in [3.05, 3.63) is 0 Å². The molecule has 2 rings (SSSR count). The lowest BCUT2D eigenvalue weighted by atomic mass is 10.0. The molecule has 3 nitrogen and oxygen atoms in total. The third-order valence-electron chi connectivity index (χ3n) is 2.85. The Bertz CT molecular complexity index is 183. The van der Waals surface area contributed by atoms with Gasteiger partial charge in [-0.05, 0) is 19.8 Å². The van der Waals surface area contributed by atoms with Gasteiger partial charge in [-0.15, -0.1) is 0 Å². The van der Waals surface area contributed by atoms with Crippen molar-refractivity contribution in [3.63, 3.8) is 0 Å². The smallest absolute Gasteiger partial charge is 0.166 e. The third-order valence-corrected chi connectivity index (χ3v) is 2.85. The minimum Gasteiger partial charge on any atom is -0.388 e. The Balaban J connectivity index is 2.14. The summed E-state index contributed by atoms with van der Waals surface area (Å²) >= 11 is 0. The highest BCUT2D eigenvalue weighted by Gasteiger charge is 2.49. The summed E-state index contributed by atoms with van der Waals surface area (Å²) in [4.78, 5) is 0. The van der Waals surface area contributed by atoms with Crippen LogP contribution in [0.2, 0.25) is 0 Å². The number of fused-ring (bicyclic) bond motifs is 2. The quantitative estimate of drug-likeness (QED) is 0.642. The molecule has 0 aliphatic carbocycles. The molecule has 1 N–H and O–H groups in total. The first kappa shape index (κ1) is 8.48. The van der Waals surface area contributed by atoms with Crippen LogP contribution in [0.25, 0.3) is 0 Å². The molecule has 0 amide bonds. The molecule has 2 saturated heterocycles. The van der Waals surface area contributed by atoms with E-state index < -0.39 is 11.9 Å². The first-order chi connectivity index (χ1) is 5.64. The van der Waals surface area contributed by atoms with E-state index in [1.54, 1.807) is 0 Å². The molecule has 12 heavy (non-hydrogen) atoms. The minimum absolute atomic E-state index is 0.00806. The molecule has 0 saturated carbocycles. The highest BCUT2D eigenvalue weighted by Crippen LogP contribution is 2.40. The fourth-order valence-electron chi connectivity index (χ4n) is 2.12. The lowest BCUT2D eigenvalue weighted by molar-refractivity contribution is -0.308. The summed E-state index contributed by atoms with van der Waals surface area (Å²) in [5.74, 6) is -0.412. The highest BCUT2D eigenvalue weighted by molar-refractivity contribution is 4.91. The molecule has 2 bridgehead atoms. The number of rotatable bonds is 1. The van der Waals surface area contributed by atoms with Crippen LogP contribution >= 0.6 is 0 Å². The van der Waals surface area contributed by atoms with Gasteiger partial charge >= 0.3 is 0 Å². The second-order valence-electron chi connectivity index (χ2n) is 3.88. The van der Waals surface area contributed by atoms with Gasteiger partial charge in [-0.25, -0.2) is 0 Å². The van der Waals surface area contributed by atoms with Crippen LogP contribution in [0.1, 0.15) is 33.1 Å². The third kappa shape index (κ3) is 1.16. The average Bonchev–Trinajstić information content (AvgIpc) is 2.38. The molecule has 0 aromatic rings. The topological polar surface area (TPSA) is 38.7 Å². The maximum Gasteiger partial charge on any atom is 0.166 e. The predicted molar refractivity (Wildman–Crippen MR) is 43.7 cm³/mol. The maximum absolute atomic E-state index is 9.72. The van der Waals surface area contributed by atoms with Crippen molar-refractivity contribution in [2.75, 3.05) is 0 Å². The molecule has 2 aliphatic heterocycles. The summed E-state index contributed by atoms with van der Waals surface area (Å²) in [5, 5.41) is 9.72. The molecule has 0 unspecified atom stereocenters. The lowest BCUT2D eigenvalue weighted by Gasteiger charge is -2.38. The van der Waals surface area contributed by atoms with Crippen LogP contribution in [-0.2, 0) is 9.47 Å². The van der Waals surface area contributed by atoms with Crippen molar-refractivity contribution in [2.45, 2.75) is 57.2 Å². The maximum atomic E-state index is 9.72. The standard InChI is InChI=1S/C9H16O3/c1-3-6-8(10)7-4-5-9(2,11-6)12-7/h6-8,10H,3-5H2,1-2H3/t6-,7-,8-,9+/m1/s1. The fourth-order valence-corrected chi connectivity index (χ4v) is 2.12. The first-order valence-corrected chi connectivity index (χ1v) is 4.68. The van der Waals surface area contributed by atoms with E-state index in [-0.39, 0.29) is 12.2 Å². The van der Waals surface area contributed by atoms with Gasteiger partial charge in [0, 0.05) is 6.42 Å². The van der Waals surface area contributed by atoms with Crippen LogP contribution in [0.3, 0.4) is 0 Å². The van der Waals surface area contributed by atoms with Gasteiger partial charge in [-0.3, -0.25) is 0 Å². The van der Waals surface area contributed by atoms with Crippen molar-refractivity contribution < 1.29 is 14.6 Å². The normalized spacial score (nSPS) is 52.8. The minimum atomic E-state index is -0.425. The highest BCUT2D eigenvalue weighted by atomic mass is 16.7. The molecular formula is C9H16O3. The van der Waals surface area contributed by atoms with Crippen LogP contribution < -0.4 is 0 Å². The molecule has 2 heterocycles. The number of aliphatic hydroxyl groups excluding tert-OH is 1. The second kappa shape index (κ2) is 2.69. The van der Waals surface area contributed by atoms with Crippen LogP contribution in [0, 0.1) is 0 Å². The van der Waals surface area contributed by atoms with Crippen LogP contribution in [0.15, 0.2) is 0 Å². The molecule has 0 aromatic carbocycles. The van der Waals surface area contributed by atoms with E-state index in [4.69, 9.17) is 9.47 Å². The summed E-state index contributed by atoms with van der Waals surface area (Å²) in [6, 6.07) is 0. The zero-order chi connectivity index (χ0) is 8.77. The molecule has 70 valence electrons. The molecule has 3 heteroatoms. The van der Waals surface area contributed by atoms with E-state index >= 15 is 0 Å². The predicted octanol–water partition coefficient (Wildman–Crippen LogP) is 1.05.